The lowest BCUT2D eigenvalue weighted by Crippen LogP contribution is -2.26. The number of ether oxygens (including phenoxy) is 2. The largest absolute Gasteiger partial charge is 0.494 e. The molecular formula is C26H21N3O6. The van der Waals surface area contributed by atoms with Crippen LogP contribution in [0, 0.1) is 11.3 Å². The molecule has 4 aromatic rings. The summed E-state index contributed by atoms with van der Waals surface area (Å²) < 4.78 is 12.4. The number of amides is 1. The molecule has 0 saturated carbocycles. The smallest absolute Gasteiger partial charge is 0.251 e. The second-order valence-corrected chi connectivity index (χ2v) is 7.89. The number of aromatic nitrogens is 1. The van der Waals surface area contributed by atoms with Crippen molar-refractivity contribution in [1.29, 1.82) is 5.26 Å². The summed E-state index contributed by atoms with van der Waals surface area (Å²) in [6, 6.07) is 17.2. The van der Waals surface area contributed by atoms with Crippen LogP contribution in [0.15, 0.2) is 54.6 Å². The highest BCUT2D eigenvalue weighted by Crippen LogP contribution is 2.42. The summed E-state index contributed by atoms with van der Waals surface area (Å²) in [7, 11) is 0. The Morgan fingerprint density at radius 1 is 1.00 bits per heavy atom. The van der Waals surface area contributed by atoms with E-state index < -0.39 is 5.91 Å². The van der Waals surface area contributed by atoms with Crippen LogP contribution in [0.2, 0.25) is 0 Å². The van der Waals surface area contributed by atoms with Crippen molar-refractivity contribution in [2.24, 2.45) is 0 Å². The first-order valence-corrected chi connectivity index (χ1v) is 10.9. The number of carbonyl (C=O) groups is 1. The minimum atomic E-state index is -0.425. The van der Waals surface area contributed by atoms with E-state index in [0.29, 0.717) is 41.2 Å². The number of aliphatic hydroxyl groups is 1. The van der Waals surface area contributed by atoms with Crippen molar-refractivity contribution in [1.82, 2.24) is 9.88 Å². The lowest BCUT2D eigenvalue weighted by molar-refractivity contribution is 0.0945. The number of nitriles is 1. The van der Waals surface area contributed by atoms with Crippen LogP contribution in [0.4, 0.5) is 0 Å². The standard InChI is InChI=1S/C26H21N3O6/c27-14-20-17(15-5-7-22-23(13-15)35-11-10-34-22)2-1-3-21(20)29-25(32)18-6-4-16(12-19(18)26(29)33)24(31)28-8-9-30/h1-7,12-13,30,32-33H,8-11H2,(H,28,31). The predicted octanol–water partition coefficient (Wildman–Crippen LogP) is 3.07. The van der Waals surface area contributed by atoms with Crippen LogP contribution in [0.3, 0.4) is 0 Å². The van der Waals surface area contributed by atoms with E-state index >= 15 is 0 Å². The van der Waals surface area contributed by atoms with Crippen LogP contribution in [0.5, 0.6) is 23.3 Å². The van der Waals surface area contributed by atoms with E-state index in [4.69, 9.17) is 14.6 Å². The summed E-state index contributed by atoms with van der Waals surface area (Å²) in [6.07, 6.45) is 0. The van der Waals surface area contributed by atoms with Crippen LogP contribution in [-0.4, -0.2) is 52.2 Å². The maximum absolute atomic E-state index is 12.3. The van der Waals surface area contributed by atoms with E-state index in [1.807, 2.05) is 6.07 Å². The Kier molecular flexibility index (Phi) is 5.65. The first-order chi connectivity index (χ1) is 17.0. The van der Waals surface area contributed by atoms with Crippen LogP contribution < -0.4 is 14.8 Å². The molecule has 9 nitrogen and oxygen atoms in total. The number of benzene rings is 3. The molecule has 0 atom stereocenters. The second kappa shape index (κ2) is 8.93. The van der Waals surface area contributed by atoms with Gasteiger partial charge >= 0.3 is 0 Å². The Labute approximate surface area is 200 Å². The molecule has 1 amide bonds. The summed E-state index contributed by atoms with van der Waals surface area (Å²) in [6.45, 7) is 0.787. The van der Waals surface area contributed by atoms with Crippen molar-refractivity contribution in [2.75, 3.05) is 26.4 Å². The molecule has 0 unspecified atom stereocenters. The summed E-state index contributed by atoms with van der Waals surface area (Å²) >= 11 is 0. The van der Waals surface area contributed by atoms with Gasteiger partial charge in [0.25, 0.3) is 5.91 Å². The maximum Gasteiger partial charge on any atom is 0.251 e. The Hall–Kier alpha value is -4.68. The monoisotopic (exact) mass is 471 g/mol. The molecule has 0 bridgehead atoms. The van der Waals surface area contributed by atoms with E-state index in [9.17, 15) is 20.3 Å². The average Bonchev–Trinajstić information content (AvgIpc) is 3.15. The number of aliphatic hydroxyl groups excluding tert-OH is 1. The zero-order valence-electron chi connectivity index (χ0n) is 18.5. The number of nitrogens with one attached hydrogen (secondary N) is 1. The third kappa shape index (κ3) is 3.76. The number of carbonyl (C=O) groups excluding carboxylic acids is 1. The number of fused-ring (bicyclic) bond motifs is 2. The number of rotatable bonds is 5. The van der Waals surface area contributed by atoms with E-state index in [2.05, 4.69) is 11.4 Å². The van der Waals surface area contributed by atoms with E-state index in [-0.39, 0.29) is 47.1 Å². The maximum atomic E-state index is 12.3. The number of aromatic hydroxyl groups is 2. The first kappa shape index (κ1) is 22.1. The number of nitrogens with zero attached hydrogens (tertiary/aromatic N) is 2. The van der Waals surface area contributed by atoms with Gasteiger partial charge in [0.05, 0.1) is 17.9 Å². The molecule has 1 aliphatic heterocycles. The first-order valence-electron chi connectivity index (χ1n) is 10.9. The fourth-order valence-electron chi connectivity index (χ4n) is 4.20. The van der Waals surface area contributed by atoms with Crippen LogP contribution in [0.1, 0.15) is 15.9 Å². The topological polar surface area (TPSA) is 137 Å². The minimum Gasteiger partial charge on any atom is -0.494 e. The fourth-order valence-corrected chi connectivity index (χ4v) is 4.20. The Balaban J connectivity index is 1.64. The molecule has 9 heteroatoms. The Morgan fingerprint density at radius 2 is 1.77 bits per heavy atom. The van der Waals surface area contributed by atoms with Gasteiger partial charge in [0, 0.05) is 28.4 Å². The zero-order chi connectivity index (χ0) is 24.5. The molecule has 1 aromatic heterocycles. The van der Waals surface area contributed by atoms with E-state index in [1.54, 1.807) is 30.3 Å². The second-order valence-electron chi connectivity index (χ2n) is 7.89. The lowest BCUT2D eigenvalue weighted by Gasteiger charge is -2.19. The lowest BCUT2D eigenvalue weighted by atomic mass is 9.98. The van der Waals surface area contributed by atoms with Gasteiger partial charge in [-0.15, -0.1) is 0 Å². The molecular weight excluding hydrogens is 450 g/mol. The quantitative estimate of drug-likeness (QED) is 0.351. The van der Waals surface area contributed by atoms with Gasteiger partial charge in [-0.1, -0.05) is 18.2 Å². The van der Waals surface area contributed by atoms with Crippen LogP contribution in [-0.2, 0) is 0 Å². The van der Waals surface area contributed by atoms with Crippen molar-refractivity contribution >= 4 is 16.7 Å². The third-order valence-corrected chi connectivity index (χ3v) is 5.83. The molecule has 4 N–H and O–H groups in total. The molecule has 5 rings (SSSR count). The normalized spacial score (nSPS) is 12.3. The minimum absolute atomic E-state index is 0.0906. The zero-order valence-corrected chi connectivity index (χ0v) is 18.5. The predicted molar refractivity (Wildman–Crippen MR) is 127 cm³/mol. The third-order valence-electron chi connectivity index (χ3n) is 5.83. The van der Waals surface area contributed by atoms with E-state index in [1.165, 1.54) is 22.8 Å². The van der Waals surface area contributed by atoms with Crippen molar-refractivity contribution < 1.29 is 29.6 Å². The summed E-state index contributed by atoms with van der Waals surface area (Å²) in [4.78, 5) is 12.3. The molecule has 35 heavy (non-hydrogen) atoms. The van der Waals surface area contributed by atoms with Gasteiger partial charge in [-0.3, -0.25) is 4.79 Å². The summed E-state index contributed by atoms with van der Waals surface area (Å²) in [5.41, 5.74) is 2.06. The van der Waals surface area contributed by atoms with Gasteiger partial charge in [-0.05, 0) is 42.0 Å². The molecule has 0 aliphatic carbocycles. The van der Waals surface area contributed by atoms with Gasteiger partial charge in [0.15, 0.2) is 11.5 Å². The molecule has 0 spiro atoms. The number of hydrogen-bond acceptors (Lipinski definition) is 7. The van der Waals surface area contributed by atoms with E-state index in [0.717, 1.165) is 0 Å². The fraction of sp³-hybridized carbons (Fsp3) is 0.154. The van der Waals surface area contributed by atoms with Crippen molar-refractivity contribution in [2.45, 2.75) is 0 Å². The average molecular weight is 471 g/mol. The number of hydrogen-bond donors (Lipinski definition) is 4. The van der Waals surface area contributed by atoms with Crippen LogP contribution >= 0.6 is 0 Å². The molecule has 0 radical (unpaired) electrons. The molecule has 1 aliphatic rings. The molecule has 0 saturated heterocycles. The van der Waals surface area contributed by atoms with Gasteiger partial charge in [0.2, 0.25) is 11.8 Å². The van der Waals surface area contributed by atoms with Crippen molar-refractivity contribution in [3.05, 3.63) is 65.7 Å². The highest BCUT2D eigenvalue weighted by Gasteiger charge is 2.23. The molecule has 3 aromatic carbocycles. The van der Waals surface area contributed by atoms with Gasteiger partial charge < -0.3 is 30.1 Å². The Morgan fingerprint density at radius 3 is 2.54 bits per heavy atom. The summed E-state index contributed by atoms with van der Waals surface area (Å²) in [5.74, 6) is 0.194. The SMILES string of the molecule is N#Cc1c(-c2ccc3c(c2)OCCO3)cccc1-n1c(O)c2ccc(C(=O)NCCO)cc2c1O. The Bertz CT molecular complexity index is 1500. The van der Waals surface area contributed by atoms with Crippen LogP contribution in [0.25, 0.3) is 27.6 Å². The van der Waals surface area contributed by atoms with Crippen molar-refractivity contribution in [3.8, 4) is 46.1 Å². The van der Waals surface area contributed by atoms with Gasteiger partial charge in [-0.2, -0.15) is 5.26 Å². The highest BCUT2D eigenvalue weighted by atomic mass is 16.6. The highest BCUT2D eigenvalue weighted by molar-refractivity contribution is 6.02. The summed E-state index contributed by atoms with van der Waals surface area (Å²) in [5, 5.41) is 44.1. The van der Waals surface area contributed by atoms with Gasteiger partial charge in [0.1, 0.15) is 19.3 Å². The van der Waals surface area contributed by atoms with Gasteiger partial charge in [-0.25, -0.2) is 4.57 Å². The van der Waals surface area contributed by atoms with Crippen molar-refractivity contribution in [3.63, 3.8) is 0 Å². The molecule has 2 heterocycles. The molecule has 0 fully saturated rings. The molecule has 176 valence electrons.